The van der Waals surface area contributed by atoms with E-state index in [1.165, 1.54) is 6.92 Å². The number of nitrogens with one attached hydrogen (secondary N) is 1. The number of carboxylic acid groups (broad SMARTS) is 1. The van der Waals surface area contributed by atoms with Gasteiger partial charge in [-0.3, -0.25) is 14.2 Å². The van der Waals surface area contributed by atoms with Crippen molar-refractivity contribution in [2.75, 3.05) is 19.8 Å². The second-order valence-electron chi connectivity index (χ2n) is 6.00. The van der Waals surface area contributed by atoms with E-state index in [4.69, 9.17) is 14.2 Å². The zero-order valence-electron chi connectivity index (χ0n) is 15.7. The van der Waals surface area contributed by atoms with E-state index in [1.807, 2.05) is 30.3 Å². The fraction of sp³-hybridized carbons (Fsp3) is 0.556. The summed E-state index contributed by atoms with van der Waals surface area (Å²) < 4.78 is 24.1. The van der Waals surface area contributed by atoms with E-state index < -0.39 is 37.0 Å². The number of hydrogen-bond donors (Lipinski definition) is 2. The number of carbonyl (C=O) groups is 2. The number of aliphatic carboxylic acids is 1. The maximum Gasteiger partial charge on any atom is 0.343 e. The minimum absolute atomic E-state index is 0.0651. The molecule has 1 aromatic carbocycles. The van der Waals surface area contributed by atoms with E-state index in [0.29, 0.717) is 0 Å². The molecule has 0 aliphatic carbocycles. The molecule has 1 amide bonds. The van der Waals surface area contributed by atoms with Gasteiger partial charge in [0.25, 0.3) is 0 Å². The maximum atomic E-state index is 13.3. The van der Waals surface area contributed by atoms with Crippen molar-refractivity contribution in [3.8, 4) is 0 Å². The zero-order chi connectivity index (χ0) is 19.7. The summed E-state index contributed by atoms with van der Waals surface area (Å²) in [5.41, 5.74) is -0.260. The average molecular weight is 385 g/mol. The van der Waals surface area contributed by atoms with Gasteiger partial charge < -0.3 is 19.5 Å². The van der Waals surface area contributed by atoms with Crippen molar-refractivity contribution < 1.29 is 28.3 Å². The number of carboxylic acids is 1. The van der Waals surface area contributed by atoms with Crippen LogP contribution in [0.2, 0.25) is 0 Å². The topological polar surface area (TPSA) is 102 Å². The van der Waals surface area contributed by atoms with Gasteiger partial charge in [-0.25, -0.2) is 0 Å². The maximum absolute atomic E-state index is 13.3. The third-order valence-corrected chi connectivity index (χ3v) is 6.63. The molecular formula is C18H28NO6P. The van der Waals surface area contributed by atoms with Gasteiger partial charge in [0, 0.05) is 12.5 Å². The first-order valence-corrected chi connectivity index (χ1v) is 10.3. The van der Waals surface area contributed by atoms with Gasteiger partial charge >= 0.3 is 13.6 Å². The molecule has 26 heavy (non-hydrogen) atoms. The Morgan fingerprint density at radius 1 is 1.12 bits per heavy atom. The second kappa shape index (κ2) is 10.5. The van der Waals surface area contributed by atoms with Crippen LogP contribution in [0.5, 0.6) is 0 Å². The molecule has 0 heterocycles. The average Bonchev–Trinajstić information content (AvgIpc) is 2.60. The Hall–Kier alpha value is -1.69. The number of amides is 1. The van der Waals surface area contributed by atoms with Crippen molar-refractivity contribution in [1.29, 1.82) is 0 Å². The van der Waals surface area contributed by atoms with Crippen molar-refractivity contribution in [1.82, 2.24) is 5.32 Å². The van der Waals surface area contributed by atoms with Crippen LogP contribution in [0.15, 0.2) is 30.3 Å². The zero-order valence-corrected chi connectivity index (χ0v) is 16.6. The van der Waals surface area contributed by atoms with Crippen LogP contribution in [-0.4, -0.2) is 42.4 Å². The van der Waals surface area contributed by atoms with Crippen LogP contribution in [0.1, 0.15) is 39.2 Å². The molecule has 7 nitrogen and oxygen atoms in total. The summed E-state index contributed by atoms with van der Waals surface area (Å²) in [5, 5.41) is 11.6. The molecule has 0 radical (unpaired) electrons. The van der Waals surface area contributed by atoms with Crippen molar-refractivity contribution >= 4 is 19.5 Å². The molecule has 8 heteroatoms. The van der Waals surface area contributed by atoms with Gasteiger partial charge in [0.1, 0.15) is 5.66 Å². The summed E-state index contributed by atoms with van der Waals surface area (Å²) in [6.45, 7) is 6.83. The monoisotopic (exact) mass is 385 g/mol. The molecule has 0 aliphatic rings. The SMILES string of the molecule is CCOP(=O)(OCC)C(C(=O)NC[C@H](C)C(=O)O)C(C)c1ccccc1. The van der Waals surface area contributed by atoms with Gasteiger partial charge in [-0.2, -0.15) is 0 Å². The molecule has 0 fully saturated rings. The fourth-order valence-corrected chi connectivity index (χ4v) is 4.80. The summed E-state index contributed by atoms with van der Waals surface area (Å²) in [6, 6.07) is 9.20. The predicted molar refractivity (Wildman–Crippen MR) is 99.3 cm³/mol. The van der Waals surface area contributed by atoms with Crippen LogP contribution in [0.4, 0.5) is 0 Å². The Labute approximate surface area is 154 Å². The van der Waals surface area contributed by atoms with E-state index in [0.717, 1.165) is 5.56 Å². The summed E-state index contributed by atoms with van der Waals surface area (Å²) in [7, 11) is -3.75. The molecule has 146 valence electrons. The second-order valence-corrected chi connectivity index (χ2v) is 8.16. The summed E-state index contributed by atoms with van der Waals surface area (Å²) in [4.78, 5) is 23.8. The molecule has 0 aromatic heterocycles. The highest BCUT2D eigenvalue weighted by Crippen LogP contribution is 2.57. The van der Waals surface area contributed by atoms with Crippen LogP contribution in [-0.2, 0) is 23.2 Å². The first-order chi connectivity index (χ1) is 12.3. The molecule has 1 aromatic rings. The number of carbonyl (C=O) groups excluding carboxylic acids is 1. The lowest BCUT2D eigenvalue weighted by Gasteiger charge is -2.30. The van der Waals surface area contributed by atoms with Crippen molar-refractivity contribution in [2.24, 2.45) is 5.92 Å². The first kappa shape index (κ1) is 22.4. The van der Waals surface area contributed by atoms with Gasteiger partial charge in [-0.1, -0.05) is 44.2 Å². The molecular weight excluding hydrogens is 357 g/mol. The van der Waals surface area contributed by atoms with Crippen LogP contribution in [0.3, 0.4) is 0 Å². The summed E-state index contributed by atoms with van der Waals surface area (Å²) in [6.07, 6.45) is 0. The minimum Gasteiger partial charge on any atom is -0.481 e. The highest BCUT2D eigenvalue weighted by atomic mass is 31.2. The third-order valence-electron chi connectivity index (χ3n) is 4.03. The Kier molecular flexibility index (Phi) is 8.99. The summed E-state index contributed by atoms with van der Waals surface area (Å²) >= 11 is 0. The number of rotatable bonds is 11. The Balaban J connectivity index is 3.17. The lowest BCUT2D eigenvalue weighted by atomic mass is 9.97. The van der Waals surface area contributed by atoms with Gasteiger partial charge in [0.2, 0.25) is 5.91 Å². The first-order valence-electron chi connectivity index (χ1n) is 8.71. The fourth-order valence-electron chi connectivity index (χ4n) is 2.59. The van der Waals surface area contributed by atoms with Crippen LogP contribution >= 0.6 is 7.60 Å². The van der Waals surface area contributed by atoms with E-state index in [-0.39, 0.29) is 19.8 Å². The van der Waals surface area contributed by atoms with Crippen molar-refractivity contribution in [3.63, 3.8) is 0 Å². The van der Waals surface area contributed by atoms with Gasteiger partial charge in [-0.05, 0) is 19.4 Å². The molecule has 0 bridgehead atoms. The van der Waals surface area contributed by atoms with Gasteiger partial charge in [0.05, 0.1) is 19.1 Å². The van der Waals surface area contributed by atoms with Crippen LogP contribution in [0.25, 0.3) is 0 Å². The molecule has 0 aliphatic heterocycles. The van der Waals surface area contributed by atoms with E-state index in [1.54, 1.807) is 20.8 Å². The standard InChI is InChI=1S/C18H28NO6P/c1-5-24-26(23,25-6-2)16(14(4)15-10-8-7-9-11-15)17(20)19-12-13(3)18(21)22/h7-11,13-14,16H,5-6,12H2,1-4H3,(H,19,20)(H,21,22)/t13-,14?,16?/m0/s1. The normalized spacial score (nSPS) is 15.1. The third kappa shape index (κ3) is 5.94. The Morgan fingerprint density at radius 2 is 1.65 bits per heavy atom. The lowest BCUT2D eigenvalue weighted by Crippen LogP contribution is -2.41. The van der Waals surface area contributed by atoms with Crippen LogP contribution in [0, 0.1) is 5.92 Å². The Bertz CT molecular complexity index is 626. The molecule has 2 N–H and O–H groups in total. The van der Waals surface area contributed by atoms with Crippen molar-refractivity contribution in [3.05, 3.63) is 35.9 Å². The molecule has 2 unspecified atom stereocenters. The quantitative estimate of drug-likeness (QED) is 0.567. The smallest absolute Gasteiger partial charge is 0.343 e. The number of benzene rings is 1. The molecule has 0 spiro atoms. The molecule has 0 saturated heterocycles. The van der Waals surface area contributed by atoms with E-state index >= 15 is 0 Å². The lowest BCUT2D eigenvalue weighted by molar-refractivity contribution is -0.141. The minimum atomic E-state index is -3.75. The predicted octanol–water partition coefficient (Wildman–Crippen LogP) is 3.26. The Morgan fingerprint density at radius 3 is 2.12 bits per heavy atom. The highest BCUT2D eigenvalue weighted by molar-refractivity contribution is 7.55. The molecule has 1 rings (SSSR count). The van der Waals surface area contributed by atoms with Gasteiger partial charge in [0.15, 0.2) is 0 Å². The molecule has 0 saturated carbocycles. The highest BCUT2D eigenvalue weighted by Gasteiger charge is 2.45. The van der Waals surface area contributed by atoms with Crippen molar-refractivity contribution in [2.45, 2.75) is 39.3 Å². The summed E-state index contributed by atoms with van der Waals surface area (Å²) in [5.74, 6) is -2.76. The molecule has 3 atom stereocenters. The van der Waals surface area contributed by atoms with E-state index in [9.17, 15) is 14.2 Å². The van der Waals surface area contributed by atoms with Gasteiger partial charge in [-0.15, -0.1) is 0 Å². The largest absolute Gasteiger partial charge is 0.481 e. The van der Waals surface area contributed by atoms with E-state index in [2.05, 4.69) is 5.32 Å². The van der Waals surface area contributed by atoms with Crippen LogP contribution < -0.4 is 5.32 Å². The number of hydrogen-bond acceptors (Lipinski definition) is 5.